The number of carbonyl (C=O) groups is 1. The molecule has 0 fully saturated rings. The molecule has 0 spiro atoms. The van der Waals surface area contributed by atoms with Crippen molar-refractivity contribution < 1.29 is 14.3 Å². The largest absolute Gasteiger partial charge is 0.496 e. The molecule has 1 aromatic carbocycles. The summed E-state index contributed by atoms with van der Waals surface area (Å²) in [5, 5.41) is 2.72. The van der Waals surface area contributed by atoms with Crippen molar-refractivity contribution >= 4 is 11.8 Å². The van der Waals surface area contributed by atoms with E-state index >= 15 is 0 Å². The lowest BCUT2D eigenvalue weighted by Gasteiger charge is -2.20. The van der Waals surface area contributed by atoms with Gasteiger partial charge < -0.3 is 9.47 Å². The van der Waals surface area contributed by atoms with E-state index in [1.54, 1.807) is 7.11 Å². The predicted molar refractivity (Wildman–Crippen MR) is 81.5 cm³/mol. The Bertz CT molecular complexity index is 450. The molecular weight excluding hydrogens is 254 g/mol. The van der Waals surface area contributed by atoms with Crippen LogP contribution in [0.15, 0.2) is 18.2 Å². The molecule has 1 amide bonds. The first-order valence-corrected chi connectivity index (χ1v) is 7.02. The van der Waals surface area contributed by atoms with Crippen molar-refractivity contribution in [1.82, 2.24) is 0 Å². The molecule has 0 atom stereocenters. The van der Waals surface area contributed by atoms with Gasteiger partial charge in [0, 0.05) is 11.8 Å². The van der Waals surface area contributed by atoms with Crippen LogP contribution in [0.5, 0.6) is 5.75 Å². The number of methoxy groups -OCH3 is 1. The first-order valence-electron chi connectivity index (χ1n) is 7.02. The quantitative estimate of drug-likeness (QED) is 0.869. The highest BCUT2D eigenvalue weighted by atomic mass is 16.6. The van der Waals surface area contributed by atoms with E-state index in [4.69, 9.17) is 9.47 Å². The Hall–Kier alpha value is -1.71. The van der Waals surface area contributed by atoms with E-state index in [1.165, 1.54) is 0 Å². The topological polar surface area (TPSA) is 47.6 Å². The summed E-state index contributed by atoms with van der Waals surface area (Å²) < 4.78 is 10.6. The summed E-state index contributed by atoms with van der Waals surface area (Å²) in [6, 6.07) is 5.69. The molecule has 0 bridgehead atoms. The number of aryl methyl sites for hydroxylation is 1. The molecule has 1 rings (SSSR count). The standard InChI is InChI=1S/C16H25NO3/c1-6-7-8-12-9-10-13(11-14(12)19-5)17-15(18)20-16(2,3)4/h9-11H,6-8H2,1-5H3,(H,17,18). The molecule has 20 heavy (non-hydrogen) atoms. The van der Waals surface area contributed by atoms with Crippen LogP contribution in [0.1, 0.15) is 46.1 Å². The zero-order valence-electron chi connectivity index (χ0n) is 13.1. The number of rotatable bonds is 5. The van der Waals surface area contributed by atoms with Crippen molar-refractivity contribution in [3.8, 4) is 5.75 Å². The van der Waals surface area contributed by atoms with Crippen molar-refractivity contribution in [1.29, 1.82) is 0 Å². The second-order valence-corrected chi connectivity index (χ2v) is 5.76. The van der Waals surface area contributed by atoms with Crippen LogP contribution < -0.4 is 10.1 Å². The van der Waals surface area contributed by atoms with Gasteiger partial charge in [-0.05, 0) is 45.2 Å². The number of unbranched alkanes of at least 4 members (excludes halogenated alkanes) is 1. The molecule has 0 aromatic heterocycles. The van der Waals surface area contributed by atoms with Crippen LogP contribution in [0.4, 0.5) is 10.5 Å². The summed E-state index contributed by atoms with van der Waals surface area (Å²) in [6.07, 6.45) is 2.78. The molecule has 0 unspecified atom stereocenters. The molecule has 112 valence electrons. The summed E-state index contributed by atoms with van der Waals surface area (Å²) in [4.78, 5) is 11.7. The number of amides is 1. The molecule has 0 radical (unpaired) electrons. The van der Waals surface area contributed by atoms with Crippen LogP contribution in [0, 0.1) is 0 Å². The highest BCUT2D eigenvalue weighted by Crippen LogP contribution is 2.25. The molecule has 0 saturated carbocycles. The molecule has 0 aliphatic heterocycles. The fraction of sp³-hybridized carbons (Fsp3) is 0.562. The van der Waals surface area contributed by atoms with Gasteiger partial charge in [-0.25, -0.2) is 4.79 Å². The van der Waals surface area contributed by atoms with Crippen LogP contribution in [0.3, 0.4) is 0 Å². The lowest BCUT2D eigenvalue weighted by molar-refractivity contribution is 0.0636. The highest BCUT2D eigenvalue weighted by molar-refractivity contribution is 5.85. The van der Waals surface area contributed by atoms with Crippen LogP contribution in [0.25, 0.3) is 0 Å². The average molecular weight is 279 g/mol. The molecule has 4 heteroatoms. The second-order valence-electron chi connectivity index (χ2n) is 5.76. The fourth-order valence-electron chi connectivity index (χ4n) is 1.82. The molecule has 1 aromatic rings. The summed E-state index contributed by atoms with van der Waals surface area (Å²) in [7, 11) is 1.64. The molecule has 0 saturated heterocycles. The molecule has 4 nitrogen and oxygen atoms in total. The van der Waals surface area contributed by atoms with Gasteiger partial charge in [0.25, 0.3) is 0 Å². The number of anilines is 1. The van der Waals surface area contributed by atoms with E-state index in [0.29, 0.717) is 5.69 Å². The van der Waals surface area contributed by atoms with Gasteiger partial charge in [-0.2, -0.15) is 0 Å². The van der Waals surface area contributed by atoms with E-state index in [-0.39, 0.29) is 0 Å². The van der Waals surface area contributed by atoms with Crippen molar-refractivity contribution in [3.05, 3.63) is 23.8 Å². The van der Waals surface area contributed by atoms with E-state index in [0.717, 1.165) is 30.6 Å². The fourth-order valence-corrected chi connectivity index (χ4v) is 1.82. The lowest BCUT2D eigenvalue weighted by Crippen LogP contribution is -2.27. The Morgan fingerprint density at radius 3 is 2.55 bits per heavy atom. The third-order valence-electron chi connectivity index (χ3n) is 2.73. The van der Waals surface area contributed by atoms with Gasteiger partial charge in [-0.1, -0.05) is 19.4 Å². The molecule has 0 heterocycles. The van der Waals surface area contributed by atoms with Crippen LogP contribution in [-0.2, 0) is 11.2 Å². The Morgan fingerprint density at radius 1 is 1.30 bits per heavy atom. The maximum Gasteiger partial charge on any atom is 0.412 e. The Morgan fingerprint density at radius 2 is 2.00 bits per heavy atom. The normalized spacial score (nSPS) is 11.1. The molecule has 0 aliphatic carbocycles. The zero-order valence-corrected chi connectivity index (χ0v) is 13.1. The third-order valence-corrected chi connectivity index (χ3v) is 2.73. The lowest BCUT2D eigenvalue weighted by atomic mass is 10.1. The van der Waals surface area contributed by atoms with E-state index < -0.39 is 11.7 Å². The molecule has 0 aliphatic rings. The highest BCUT2D eigenvalue weighted by Gasteiger charge is 2.16. The van der Waals surface area contributed by atoms with Gasteiger partial charge in [-0.3, -0.25) is 5.32 Å². The maximum atomic E-state index is 11.7. The van der Waals surface area contributed by atoms with Gasteiger partial charge in [0.2, 0.25) is 0 Å². The minimum atomic E-state index is -0.505. The summed E-state index contributed by atoms with van der Waals surface area (Å²) in [6.45, 7) is 7.66. The number of carbonyl (C=O) groups excluding carboxylic acids is 1. The summed E-state index contributed by atoms with van der Waals surface area (Å²) in [5.74, 6) is 0.798. The predicted octanol–water partition coefficient (Wildman–Crippen LogP) is 4.38. The van der Waals surface area contributed by atoms with E-state index in [9.17, 15) is 4.79 Å². The smallest absolute Gasteiger partial charge is 0.412 e. The van der Waals surface area contributed by atoms with Crippen molar-refractivity contribution in [2.45, 2.75) is 52.6 Å². The minimum absolute atomic E-state index is 0.458. The Labute approximate surface area is 121 Å². The monoisotopic (exact) mass is 279 g/mol. The van der Waals surface area contributed by atoms with Gasteiger partial charge >= 0.3 is 6.09 Å². The molecule has 1 N–H and O–H groups in total. The van der Waals surface area contributed by atoms with Crippen LogP contribution in [-0.4, -0.2) is 18.8 Å². The average Bonchev–Trinajstić information content (AvgIpc) is 2.34. The van der Waals surface area contributed by atoms with Crippen molar-refractivity contribution in [2.24, 2.45) is 0 Å². The first kappa shape index (κ1) is 16.3. The van der Waals surface area contributed by atoms with Gasteiger partial charge in [0.15, 0.2) is 0 Å². The van der Waals surface area contributed by atoms with Gasteiger partial charge in [0.1, 0.15) is 11.4 Å². The Balaban J connectivity index is 2.75. The summed E-state index contributed by atoms with van der Waals surface area (Å²) in [5.41, 5.74) is 1.33. The number of ether oxygens (including phenoxy) is 2. The second kappa shape index (κ2) is 7.17. The van der Waals surface area contributed by atoms with Gasteiger partial charge in [0.05, 0.1) is 7.11 Å². The maximum absolute atomic E-state index is 11.7. The number of hydrogen-bond acceptors (Lipinski definition) is 3. The number of nitrogens with one attached hydrogen (secondary N) is 1. The van der Waals surface area contributed by atoms with E-state index in [1.807, 2.05) is 39.0 Å². The van der Waals surface area contributed by atoms with Gasteiger partial charge in [-0.15, -0.1) is 0 Å². The van der Waals surface area contributed by atoms with Crippen molar-refractivity contribution in [2.75, 3.05) is 12.4 Å². The minimum Gasteiger partial charge on any atom is -0.496 e. The van der Waals surface area contributed by atoms with Crippen LogP contribution in [0.2, 0.25) is 0 Å². The zero-order chi connectivity index (χ0) is 15.2. The first-order chi connectivity index (χ1) is 9.35. The van der Waals surface area contributed by atoms with Crippen molar-refractivity contribution in [3.63, 3.8) is 0 Å². The van der Waals surface area contributed by atoms with Crippen LogP contribution >= 0.6 is 0 Å². The number of benzene rings is 1. The third kappa shape index (κ3) is 5.51. The molecular formula is C16H25NO3. The van der Waals surface area contributed by atoms with E-state index in [2.05, 4.69) is 12.2 Å². The number of hydrogen-bond donors (Lipinski definition) is 1. The summed E-state index contributed by atoms with van der Waals surface area (Å²) >= 11 is 0. The SMILES string of the molecule is CCCCc1ccc(NC(=O)OC(C)(C)C)cc1OC. The Kier molecular flexibility index (Phi) is 5.86.